The fraction of sp³-hybridized carbons (Fsp3) is 0.500. The third kappa shape index (κ3) is 2.42. The van der Waals surface area contributed by atoms with E-state index in [0.717, 1.165) is 31.2 Å². The maximum atomic E-state index is 12.8. The molecule has 0 aromatic heterocycles. The highest BCUT2D eigenvalue weighted by atomic mass is 35.5. The zero-order chi connectivity index (χ0) is 15.0. The Morgan fingerprint density at radius 2 is 2.19 bits per heavy atom. The molecule has 3 amide bonds. The normalized spacial score (nSPS) is 29.0. The van der Waals surface area contributed by atoms with E-state index in [2.05, 4.69) is 12.2 Å². The lowest BCUT2D eigenvalue weighted by Gasteiger charge is -2.36. The topological polar surface area (TPSA) is 49.4 Å². The summed E-state index contributed by atoms with van der Waals surface area (Å²) in [6.45, 7) is 2.33. The number of hydrogen-bond acceptors (Lipinski definition) is 2. The summed E-state index contributed by atoms with van der Waals surface area (Å²) < 4.78 is 0. The van der Waals surface area contributed by atoms with Gasteiger partial charge in [0.25, 0.3) is 5.91 Å². The van der Waals surface area contributed by atoms with Gasteiger partial charge in [0.15, 0.2) is 0 Å². The van der Waals surface area contributed by atoms with Crippen molar-refractivity contribution >= 4 is 23.5 Å². The standard InChI is InChI=1S/C16H19ClN2O2/c1-11-5-2-3-8-16(11)14(20)19(15(21)18-16)10-12-6-4-7-13(17)9-12/h4,6-7,9,11H,2-3,5,8,10H2,1H3,(H,18,21)/t11-,16-/m0/s1. The summed E-state index contributed by atoms with van der Waals surface area (Å²) in [6, 6.07) is 6.99. The van der Waals surface area contributed by atoms with Crippen LogP contribution in [0, 0.1) is 5.92 Å². The molecular formula is C16H19ClN2O2. The van der Waals surface area contributed by atoms with Crippen LogP contribution in [0.15, 0.2) is 24.3 Å². The van der Waals surface area contributed by atoms with Crippen molar-refractivity contribution in [2.75, 3.05) is 0 Å². The molecule has 1 aromatic carbocycles. The van der Waals surface area contributed by atoms with Crippen LogP contribution < -0.4 is 5.32 Å². The van der Waals surface area contributed by atoms with Crippen LogP contribution >= 0.6 is 11.6 Å². The quantitative estimate of drug-likeness (QED) is 0.852. The number of benzene rings is 1. The Labute approximate surface area is 129 Å². The molecule has 1 heterocycles. The second-order valence-corrected chi connectivity index (χ2v) is 6.51. The van der Waals surface area contributed by atoms with Crippen molar-refractivity contribution in [3.8, 4) is 0 Å². The van der Waals surface area contributed by atoms with Gasteiger partial charge in [0.05, 0.1) is 6.54 Å². The second-order valence-electron chi connectivity index (χ2n) is 6.07. The molecule has 21 heavy (non-hydrogen) atoms. The van der Waals surface area contributed by atoms with E-state index < -0.39 is 5.54 Å². The Balaban J connectivity index is 1.84. The molecule has 2 aliphatic rings. The molecule has 1 aliphatic heterocycles. The van der Waals surface area contributed by atoms with Crippen LogP contribution in [0.2, 0.25) is 5.02 Å². The number of rotatable bonds is 2. The van der Waals surface area contributed by atoms with Gasteiger partial charge in [-0.05, 0) is 36.5 Å². The largest absolute Gasteiger partial charge is 0.325 e. The van der Waals surface area contributed by atoms with Crippen LogP contribution in [0.3, 0.4) is 0 Å². The lowest BCUT2D eigenvalue weighted by atomic mass is 9.73. The van der Waals surface area contributed by atoms with Gasteiger partial charge in [-0.3, -0.25) is 9.69 Å². The van der Waals surface area contributed by atoms with E-state index in [1.807, 2.05) is 12.1 Å². The smallest absolute Gasteiger partial charge is 0.323 e. The Hall–Kier alpha value is -1.55. The van der Waals surface area contributed by atoms with Gasteiger partial charge in [0, 0.05) is 5.02 Å². The first-order valence-electron chi connectivity index (χ1n) is 7.41. The number of urea groups is 1. The Morgan fingerprint density at radius 3 is 2.90 bits per heavy atom. The van der Waals surface area contributed by atoms with E-state index in [9.17, 15) is 9.59 Å². The molecule has 2 atom stereocenters. The number of hydrogen-bond donors (Lipinski definition) is 1. The van der Waals surface area contributed by atoms with Gasteiger partial charge >= 0.3 is 6.03 Å². The van der Waals surface area contributed by atoms with Gasteiger partial charge in [-0.1, -0.05) is 43.5 Å². The zero-order valence-corrected chi connectivity index (χ0v) is 12.8. The minimum absolute atomic E-state index is 0.0836. The summed E-state index contributed by atoms with van der Waals surface area (Å²) in [4.78, 5) is 26.4. The highest BCUT2D eigenvalue weighted by Gasteiger charge is 2.54. The Bertz CT molecular complexity index is 589. The monoisotopic (exact) mass is 306 g/mol. The predicted molar refractivity (Wildman–Crippen MR) is 80.9 cm³/mol. The molecule has 0 bridgehead atoms. The van der Waals surface area contributed by atoms with Gasteiger partial charge in [-0.2, -0.15) is 0 Å². The second kappa shape index (κ2) is 5.34. The average Bonchev–Trinajstić information content (AvgIpc) is 2.68. The molecule has 2 fully saturated rings. The fourth-order valence-electron chi connectivity index (χ4n) is 3.46. The number of halogens is 1. The summed E-state index contributed by atoms with van der Waals surface area (Å²) in [5.41, 5.74) is 0.181. The van der Waals surface area contributed by atoms with Crippen molar-refractivity contribution in [1.29, 1.82) is 0 Å². The summed E-state index contributed by atoms with van der Waals surface area (Å²) in [6.07, 6.45) is 3.84. The van der Waals surface area contributed by atoms with E-state index in [1.165, 1.54) is 4.90 Å². The van der Waals surface area contributed by atoms with E-state index in [4.69, 9.17) is 11.6 Å². The third-order valence-electron chi connectivity index (χ3n) is 4.73. The number of imide groups is 1. The molecule has 1 aromatic rings. The van der Waals surface area contributed by atoms with Crippen LogP contribution in [-0.2, 0) is 11.3 Å². The Morgan fingerprint density at radius 1 is 1.38 bits per heavy atom. The summed E-state index contributed by atoms with van der Waals surface area (Å²) >= 11 is 5.96. The first-order chi connectivity index (χ1) is 10.0. The van der Waals surface area contributed by atoms with E-state index in [-0.39, 0.29) is 24.4 Å². The van der Waals surface area contributed by atoms with Crippen LogP contribution in [-0.4, -0.2) is 22.4 Å². The SMILES string of the molecule is C[C@H]1CCCC[C@]12NC(=O)N(Cc1cccc(Cl)c1)C2=O. The first kappa shape index (κ1) is 14.4. The minimum Gasteiger partial charge on any atom is -0.323 e. The highest BCUT2D eigenvalue weighted by molar-refractivity contribution is 6.30. The molecule has 1 aliphatic carbocycles. The van der Waals surface area contributed by atoms with Crippen LogP contribution in [0.1, 0.15) is 38.2 Å². The Kier molecular flexibility index (Phi) is 3.66. The van der Waals surface area contributed by atoms with Crippen molar-refractivity contribution in [1.82, 2.24) is 10.2 Å². The number of nitrogens with zero attached hydrogens (tertiary/aromatic N) is 1. The van der Waals surface area contributed by atoms with Crippen LogP contribution in [0.25, 0.3) is 0 Å². The van der Waals surface area contributed by atoms with Crippen molar-refractivity contribution in [3.63, 3.8) is 0 Å². The van der Waals surface area contributed by atoms with Crippen molar-refractivity contribution in [2.45, 2.75) is 44.7 Å². The summed E-state index contributed by atoms with van der Waals surface area (Å²) in [5, 5.41) is 3.57. The number of amides is 3. The molecule has 3 rings (SSSR count). The lowest BCUT2D eigenvalue weighted by Crippen LogP contribution is -2.53. The van der Waals surface area contributed by atoms with E-state index in [0.29, 0.717) is 5.02 Å². The molecule has 112 valence electrons. The van der Waals surface area contributed by atoms with Crippen LogP contribution in [0.5, 0.6) is 0 Å². The average molecular weight is 307 g/mol. The summed E-state index contributed by atoms with van der Waals surface area (Å²) in [7, 11) is 0. The van der Waals surface area contributed by atoms with Gasteiger partial charge in [0.1, 0.15) is 5.54 Å². The van der Waals surface area contributed by atoms with Gasteiger partial charge < -0.3 is 5.32 Å². The molecule has 1 N–H and O–H groups in total. The third-order valence-corrected chi connectivity index (χ3v) is 4.97. The molecule has 1 saturated carbocycles. The minimum atomic E-state index is -0.687. The van der Waals surface area contributed by atoms with Crippen molar-refractivity contribution in [2.24, 2.45) is 5.92 Å². The maximum absolute atomic E-state index is 12.8. The fourth-order valence-corrected chi connectivity index (χ4v) is 3.67. The highest BCUT2D eigenvalue weighted by Crippen LogP contribution is 2.38. The number of nitrogens with one attached hydrogen (secondary N) is 1. The number of carbonyl (C=O) groups excluding carboxylic acids is 2. The van der Waals surface area contributed by atoms with Gasteiger partial charge in [-0.25, -0.2) is 4.79 Å². The number of carbonyl (C=O) groups is 2. The molecule has 0 radical (unpaired) electrons. The predicted octanol–water partition coefficient (Wildman–Crippen LogP) is 3.34. The molecular weight excluding hydrogens is 288 g/mol. The van der Waals surface area contributed by atoms with Gasteiger partial charge in [-0.15, -0.1) is 0 Å². The molecule has 1 saturated heterocycles. The summed E-state index contributed by atoms with van der Waals surface area (Å²) in [5.74, 6) is 0.103. The first-order valence-corrected chi connectivity index (χ1v) is 7.79. The molecule has 0 unspecified atom stereocenters. The maximum Gasteiger partial charge on any atom is 0.325 e. The van der Waals surface area contributed by atoms with E-state index >= 15 is 0 Å². The van der Waals surface area contributed by atoms with Crippen molar-refractivity contribution < 1.29 is 9.59 Å². The zero-order valence-electron chi connectivity index (χ0n) is 12.1. The molecule has 4 nitrogen and oxygen atoms in total. The molecule has 1 spiro atoms. The lowest BCUT2D eigenvalue weighted by molar-refractivity contribution is -0.134. The van der Waals surface area contributed by atoms with Gasteiger partial charge in [0.2, 0.25) is 0 Å². The molecule has 5 heteroatoms. The van der Waals surface area contributed by atoms with E-state index in [1.54, 1.807) is 12.1 Å². The van der Waals surface area contributed by atoms with Crippen LogP contribution in [0.4, 0.5) is 4.79 Å². The van der Waals surface area contributed by atoms with Crippen molar-refractivity contribution in [3.05, 3.63) is 34.9 Å².